The number of nitrogens with zero attached hydrogens (tertiary/aromatic N) is 1. The van der Waals surface area contributed by atoms with Crippen LogP contribution in [0.25, 0.3) is 0 Å². The number of ether oxygens (including phenoxy) is 18. The molecule has 1 amide bonds. The molecule has 0 bridgehead atoms. The predicted octanol–water partition coefficient (Wildman–Crippen LogP) is 3.85. The lowest BCUT2D eigenvalue weighted by Crippen LogP contribution is -2.61. The lowest BCUT2D eigenvalue weighted by molar-refractivity contribution is -0.320. The number of benzene rings is 2. The van der Waals surface area contributed by atoms with Gasteiger partial charge in [-0.1, -0.05) is 67.6 Å². The van der Waals surface area contributed by atoms with Crippen LogP contribution in [-0.4, -0.2) is 237 Å². The lowest BCUT2D eigenvalue weighted by atomic mass is 9.86. The molecule has 2 aliphatic rings. The first-order valence-corrected chi connectivity index (χ1v) is 26.4. The summed E-state index contributed by atoms with van der Waals surface area (Å²) in [5.74, 6) is -3.55. The fourth-order valence-electron chi connectivity index (χ4n) is 7.63. The minimum Gasteiger partial charge on any atom is -0.465 e. The Hall–Kier alpha value is -3.50. The summed E-state index contributed by atoms with van der Waals surface area (Å²) in [7, 11) is 1.27. The molecule has 22 heteroatoms. The number of methoxy groups -OCH3 is 1. The molecule has 4 rings (SSSR count). The van der Waals surface area contributed by atoms with E-state index in [1.54, 1.807) is 18.7 Å². The number of amides is 1. The van der Waals surface area contributed by atoms with E-state index in [-0.39, 0.29) is 44.9 Å². The van der Waals surface area contributed by atoms with E-state index in [9.17, 15) is 14.7 Å². The van der Waals surface area contributed by atoms with Crippen molar-refractivity contribution in [2.45, 2.75) is 70.2 Å². The number of aliphatic hydroxyl groups excluding tert-OH is 1. The van der Waals surface area contributed by atoms with E-state index in [1.807, 2.05) is 67.6 Å². The molecule has 2 saturated heterocycles. The van der Waals surface area contributed by atoms with Crippen molar-refractivity contribution in [1.29, 1.82) is 0 Å². The number of aliphatic hydroxyl groups is 1. The first kappa shape index (κ1) is 65.0. The van der Waals surface area contributed by atoms with Gasteiger partial charge >= 0.3 is 12.1 Å². The van der Waals surface area contributed by atoms with Gasteiger partial charge in [-0.05, 0) is 30.9 Å². The zero-order chi connectivity index (χ0) is 54.2. The molecule has 0 spiro atoms. The van der Waals surface area contributed by atoms with Crippen molar-refractivity contribution in [3.8, 4) is 0 Å². The molecular weight excluding hydrogens is 999 g/mol. The monoisotopic (exact) mass is 1090 g/mol. The molecule has 22 nitrogen and oxygen atoms in total. The standard InChI is InChI=1S/C54H87NO21/c1-45-41-54(51(57)59-4,76-50(49(45)56)48-44-74-53(2,3)75-48)73-40-39-71-38-37-70-36-35-69-34-33-68-32-31-67-30-29-66-28-27-65-26-25-64-24-23-63-22-21-62-20-19-61-18-17-60-16-15-55(42-46-11-7-5-8-12-46)52(58)72-43-47-13-9-6-10-14-47/h5-14,45,48-50,56H,15-44H2,1-4H3/t45-,48-,49-,50?,54-/m1/s1. The molecule has 2 fully saturated rings. The zero-order valence-electron chi connectivity index (χ0n) is 45.4. The summed E-state index contributed by atoms with van der Waals surface area (Å²) in [6, 6.07) is 19.4. The van der Waals surface area contributed by atoms with E-state index in [2.05, 4.69) is 0 Å². The van der Waals surface area contributed by atoms with Crippen LogP contribution in [0.3, 0.4) is 0 Å². The van der Waals surface area contributed by atoms with Crippen molar-refractivity contribution < 1.29 is 100.0 Å². The van der Waals surface area contributed by atoms with Crippen LogP contribution in [0.1, 0.15) is 38.3 Å². The van der Waals surface area contributed by atoms with Gasteiger partial charge in [0, 0.05) is 19.5 Å². The number of carbonyl (C=O) groups is 2. The Morgan fingerprint density at radius 1 is 0.553 bits per heavy atom. The Morgan fingerprint density at radius 3 is 1.32 bits per heavy atom. The molecule has 1 unspecified atom stereocenters. The molecule has 1 N–H and O–H groups in total. The molecule has 2 heterocycles. The van der Waals surface area contributed by atoms with Crippen LogP contribution in [0.2, 0.25) is 0 Å². The highest BCUT2D eigenvalue weighted by Gasteiger charge is 2.56. The van der Waals surface area contributed by atoms with Gasteiger partial charge in [0.25, 0.3) is 5.79 Å². The molecule has 0 saturated carbocycles. The molecule has 2 aromatic carbocycles. The number of carbonyl (C=O) groups excluding carboxylic acids is 2. The molecule has 0 aromatic heterocycles. The predicted molar refractivity (Wildman–Crippen MR) is 274 cm³/mol. The van der Waals surface area contributed by atoms with Gasteiger partial charge in [-0.3, -0.25) is 0 Å². The van der Waals surface area contributed by atoms with Crippen molar-refractivity contribution in [1.82, 2.24) is 4.90 Å². The van der Waals surface area contributed by atoms with E-state index >= 15 is 0 Å². The van der Waals surface area contributed by atoms with Crippen molar-refractivity contribution in [2.75, 3.05) is 185 Å². The van der Waals surface area contributed by atoms with Crippen LogP contribution in [0.15, 0.2) is 60.7 Å². The van der Waals surface area contributed by atoms with Gasteiger partial charge in [-0.25, -0.2) is 9.59 Å². The highest BCUT2D eigenvalue weighted by Crippen LogP contribution is 2.39. The molecule has 2 aromatic rings. The van der Waals surface area contributed by atoms with Crippen LogP contribution in [0.5, 0.6) is 0 Å². The van der Waals surface area contributed by atoms with Crippen LogP contribution < -0.4 is 0 Å². The summed E-state index contributed by atoms with van der Waals surface area (Å²) >= 11 is 0. The second kappa shape index (κ2) is 40.7. The van der Waals surface area contributed by atoms with E-state index in [1.165, 1.54) is 7.11 Å². The van der Waals surface area contributed by atoms with Crippen LogP contribution in [0, 0.1) is 5.92 Å². The van der Waals surface area contributed by atoms with Crippen molar-refractivity contribution >= 4 is 12.1 Å². The van der Waals surface area contributed by atoms with Gasteiger partial charge in [0.2, 0.25) is 0 Å². The quantitative estimate of drug-likeness (QED) is 0.0734. The van der Waals surface area contributed by atoms with Crippen LogP contribution in [-0.2, 0) is 103 Å². The maximum Gasteiger partial charge on any atom is 0.410 e. The SMILES string of the molecule is COC(=O)[C@@]1(OCCOCCOCCOCCOCCOCCOCCOCCOCCOCCOCCOCCOCCN(Cc2ccccc2)C(=O)OCc2ccccc2)C[C@@H](C)[C@@H](O)C([C@H]2COC(C)(C)O2)O1. The van der Waals surface area contributed by atoms with Gasteiger partial charge in [0.05, 0.1) is 185 Å². The summed E-state index contributed by atoms with van der Waals surface area (Å²) < 4.78 is 101. The fourth-order valence-corrected chi connectivity index (χ4v) is 7.63. The Bertz CT molecular complexity index is 1740. The largest absolute Gasteiger partial charge is 0.465 e. The number of hydrogen-bond donors (Lipinski definition) is 1. The molecule has 0 aliphatic carbocycles. The Balaban J connectivity index is 0.807. The third-order valence-electron chi connectivity index (χ3n) is 11.6. The van der Waals surface area contributed by atoms with Gasteiger partial charge < -0.3 is 95.3 Å². The average molecular weight is 1090 g/mol. The second-order valence-corrected chi connectivity index (χ2v) is 18.0. The summed E-state index contributed by atoms with van der Waals surface area (Å²) in [5.41, 5.74) is 1.95. The van der Waals surface area contributed by atoms with Crippen molar-refractivity contribution in [3.05, 3.63) is 71.8 Å². The zero-order valence-corrected chi connectivity index (χ0v) is 45.4. The molecule has 434 valence electrons. The molecule has 76 heavy (non-hydrogen) atoms. The highest BCUT2D eigenvalue weighted by molar-refractivity contribution is 5.78. The maximum atomic E-state index is 12.9. The molecular formula is C54H87NO21. The minimum atomic E-state index is -1.70. The van der Waals surface area contributed by atoms with Crippen LogP contribution >= 0.6 is 0 Å². The summed E-state index contributed by atoms with van der Waals surface area (Å²) in [6.45, 7) is 16.8. The average Bonchev–Trinajstić information content (AvgIpc) is 3.80. The van der Waals surface area contributed by atoms with E-state index in [0.717, 1.165) is 11.1 Å². The third kappa shape index (κ3) is 28.4. The van der Waals surface area contributed by atoms with Gasteiger partial charge in [0.15, 0.2) is 5.79 Å². The smallest absolute Gasteiger partial charge is 0.410 e. The van der Waals surface area contributed by atoms with Gasteiger partial charge in [0.1, 0.15) is 18.8 Å². The van der Waals surface area contributed by atoms with Gasteiger partial charge in [-0.2, -0.15) is 0 Å². The first-order chi connectivity index (χ1) is 37.1. The summed E-state index contributed by atoms with van der Waals surface area (Å²) in [6.07, 6.45) is -2.57. The van der Waals surface area contributed by atoms with Gasteiger partial charge in [-0.15, -0.1) is 0 Å². The highest BCUT2D eigenvalue weighted by atomic mass is 16.8. The fraction of sp³-hybridized carbons (Fsp3) is 0.741. The van der Waals surface area contributed by atoms with E-state index < -0.39 is 35.9 Å². The Kier molecular flexibility index (Phi) is 34.8. The first-order valence-electron chi connectivity index (χ1n) is 26.4. The van der Waals surface area contributed by atoms with E-state index in [4.69, 9.17) is 85.3 Å². The van der Waals surface area contributed by atoms with Crippen molar-refractivity contribution in [2.24, 2.45) is 5.92 Å². The molecule has 5 atom stereocenters. The third-order valence-corrected chi connectivity index (χ3v) is 11.6. The number of esters is 1. The topological polar surface area (TPSA) is 224 Å². The lowest BCUT2D eigenvalue weighted by Gasteiger charge is -2.45. The van der Waals surface area contributed by atoms with E-state index in [0.29, 0.717) is 165 Å². The number of rotatable bonds is 46. The Labute approximate surface area is 449 Å². The summed E-state index contributed by atoms with van der Waals surface area (Å²) in [5, 5.41) is 10.8. The normalized spacial score (nSPS) is 20.2. The molecule has 2 aliphatic heterocycles. The van der Waals surface area contributed by atoms with Crippen LogP contribution in [0.4, 0.5) is 4.79 Å². The van der Waals surface area contributed by atoms with Crippen molar-refractivity contribution in [3.63, 3.8) is 0 Å². The molecule has 0 radical (unpaired) electrons. The summed E-state index contributed by atoms with van der Waals surface area (Å²) in [4.78, 5) is 27.4. The number of hydrogen-bond acceptors (Lipinski definition) is 21. The minimum absolute atomic E-state index is 0.0594. The second-order valence-electron chi connectivity index (χ2n) is 18.0. The Morgan fingerprint density at radius 2 is 0.934 bits per heavy atom. The maximum absolute atomic E-state index is 12.9.